The number of hydrogen-bond donors (Lipinski definition) is 0. The number of terminal acetylenes is 1. The first-order valence-electron chi connectivity index (χ1n) is 3.83. The quantitative estimate of drug-likeness (QED) is 0.522. The van der Waals surface area contributed by atoms with Gasteiger partial charge in [-0.3, -0.25) is 0 Å². The predicted octanol–water partition coefficient (Wildman–Crippen LogP) is 2.46. The Balaban J connectivity index is 2.80. The zero-order chi connectivity index (χ0) is 10.6. The highest BCUT2D eigenvalue weighted by molar-refractivity contribution is 6.64. The van der Waals surface area contributed by atoms with Crippen LogP contribution in [0.15, 0.2) is 24.3 Å². The van der Waals surface area contributed by atoms with Gasteiger partial charge in [0.15, 0.2) is 0 Å². The molecule has 14 heavy (non-hydrogen) atoms. The zero-order valence-corrected chi connectivity index (χ0v) is 7.12. The second-order valence-electron chi connectivity index (χ2n) is 2.61. The van der Waals surface area contributed by atoms with Crippen molar-refractivity contribution in [2.75, 3.05) is 0 Å². The van der Waals surface area contributed by atoms with E-state index in [-0.39, 0.29) is 5.98 Å². The Bertz CT molecular complexity index is 373. The first kappa shape index (κ1) is 10.4. The van der Waals surface area contributed by atoms with Gasteiger partial charge < -0.3 is 12.9 Å². The zero-order valence-electron chi connectivity index (χ0n) is 7.12. The maximum Gasteiger partial charge on any atom is 0.502 e. The number of halogens is 3. The lowest BCUT2D eigenvalue weighted by molar-refractivity contribution is 0.499. The lowest BCUT2D eigenvalue weighted by Gasteiger charge is -2.05. The highest BCUT2D eigenvalue weighted by Gasteiger charge is 2.16. The SMILES string of the molecule is C#Cc1ccc(/C=C/[B-](F)(F)F)cn1. The van der Waals surface area contributed by atoms with Gasteiger partial charge >= 0.3 is 6.98 Å². The lowest BCUT2D eigenvalue weighted by atomic mass is 9.91. The highest BCUT2D eigenvalue weighted by Crippen LogP contribution is 2.12. The molecule has 0 aromatic carbocycles. The Morgan fingerprint density at radius 1 is 1.36 bits per heavy atom. The average Bonchev–Trinajstić information content (AvgIpc) is 2.14. The number of rotatable bonds is 2. The smallest absolute Gasteiger partial charge is 0.445 e. The van der Waals surface area contributed by atoms with Gasteiger partial charge in [-0.05, 0) is 11.6 Å². The monoisotopic (exact) mass is 196 g/mol. The molecule has 0 amide bonds. The summed E-state index contributed by atoms with van der Waals surface area (Å²) in [6.45, 7) is -4.89. The summed E-state index contributed by atoms with van der Waals surface area (Å²) in [4.78, 5) is 3.75. The molecule has 1 nitrogen and oxygen atoms in total. The normalized spacial score (nSPS) is 11.6. The fourth-order valence-electron chi connectivity index (χ4n) is 0.809. The summed E-state index contributed by atoms with van der Waals surface area (Å²) in [7, 11) is 0. The second-order valence-corrected chi connectivity index (χ2v) is 2.61. The standard InChI is InChI=1S/C9H6BF3N/c1-2-9-4-3-8(7-14-9)5-6-10(11,12)13/h1,3-7H/q-1/b6-5+. The minimum absolute atomic E-state index is 0.215. The fraction of sp³-hybridized carbons (Fsp3) is 0. The molecule has 1 rings (SSSR count). The molecule has 0 saturated heterocycles. The summed E-state index contributed by atoms with van der Waals surface area (Å²) in [6, 6.07) is 2.98. The van der Waals surface area contributed by atoms with Crippen LogP contribution in [0.1, 0.15) is 11.3 Å². The van der Waals surface area contributed by atoms with Crippen LogP contribution >= 0.6 is 0 Å². The van der Waals surface area contributed by atoms with Crippen molar-refractivity contribution in [3.8, 4) is 12.3 Å². The van der Waals surface area contributed by atoms with Crippen LogP contribution in [0, 0.1) is 12.3 Å². The molecule has 0 aliphatic carbocycles. The van der Waals surface area contributed by atoms with Crippen molar-refractivity contribution >= 4 is 13.1 Å². The van der Waals surface area contributed by atoms with Crippen molar-refractivity contribution in [1.82, 2.24) is 4.98 Å². The van der Waals surface area contributed by atoms with Gasteiger partial charge in [-0.1, -0.05) is 18.1 Å². The molecule has 0 fully saturated rings. The van der Waals surface area contributed by atoms with E-state index in [1.165, 1.54) is 18.3 Å². The fourth-order valence-corrected chi connectivity index (χ4v) is 0.809. The predicted molar refractivity (Wildman–Crippen MR) is 50.3 cm³/mol. The van der Waals surface area contributed by atoms with E-state index in [4.69, 9.17) is 6.42 Å². The van der Waals surface area contributed by atoms with Gasteiger partial charge in [-0.15, -0.1) is 12.4 Å². The molecule has 5 heteroatoms. The van der Waals surface area contributed by atoms with E-state index in [0.29, 0.717) is 11.3 Å². The van der Waals surface area contributed by atoms with E-state index < -0.39 is 6.98 Å². The van der Waals surface area contributed by atoms with Crippen LogP contribution in [0.25, 0.3) is 6.08 Å². The van der Waals surface area contributed by atoms with E-state index in [2.05, 4.69) is 10.9 Å². The molecule has 0 aliphatic heterocycles. The third kappa shape index (κ3) is 3.36. The third-order valence-electron chi connectivity index (χ3n) is 1.44. The van der Waals surface area contributed by atoms with Crippen LogP contribution in [0.3, 0.4) is 0 Å². The molecule has 0 N–H and O–H groups in total. The Morgan fingerprint density at radius 2 is 2.07 bits per heavy atom. The minimum Gasteiger partial charge on any atom is -0.445 e. The molecule has 0 unspecified atom stereocenters. The maximum absolute atomic E-state index is 11.8. The number of aromatic nitrogens is 1. The summed E-state index contributed by atoms with van der Waals surface area (Å²) >= 11 is 0. The van der Waals surface area contributed by atoms with Gasteiger partial charge in [0.05, 0.1) is 0 Å². The van der Waals surface area contributed by atoms with Gasteiger partial charge in [0.2, 0.25) is 0 Å². The van der Waals surface area contributed by atoms with E-state index in [1.807, 2.05) is 0 Å². The number of nitrogens with zero attached hydrogens (tertiary/aromatic N) is 1. The van der Waals surface area contributed by atoms with E-state index in [9.17, 15) is 12.9 Å². The molecule has 0 saturated carbocycles. The van der Waals surface area contributed by atoms with E-state index in [0.717, 1.165) is 6.08 Å². The van der Waals surface area contributed by atoms with Crippen molar-refractivity contribution in [3.05, 3.63) is 35.6 Å². The molecular weight excluding hydrogens is 190 g/mol. The first-order chi connectivity index (χ1) is 6.51. The number of hydrogen-bond acceptors (Lipinski definition) is 1. The Labute approximate surface area is 79.7 Å². The van der Waals surface area contributed by atoms with Gasteiger partial charge in [-0.25, -0.2) is 4.98 Å². The second kappa shape index (κ2) is 4.01. The maximum atomic E-state index is 11.8. The van der Waals surface area contributed by atoms with Crippen LogP contribution in [0.2, 0.25) is 0 Å². The van der Waals surface area contributed by atoms with Crippen LogP contribution in [-0.2, 0) is 0 Å². The molecule has 0 bridgehead atoms. The van der Waals surface area contributed by atoms with Gasteiger partial charge in [0.25, 0.3) is 0 Å². The topological polar surface area (TPSA) is 12.9 Å². The number of pyridine rings is 1. The summed E-state index contributed by atoms with van der Waals surface area (Å²) in [5.41, 5.74) is 0.780. The van der Waals surface area contributed by atoms with Crippen LogP contribution < -0.4 is 0 Å². The van der Waals surface area contributed by atoms with E-state index >= 15 is 0 Å². The summed E-state index contributed by atoms with van der Waals surface area (Å²) in [5, 5.41) is 0. The average molecular weight is 196 g/mol. The molecule has 1 heterocycles. The Hall–Kier alpha value is -1.70. The van der Waals surface area contributed by atoms with Crippen molar-refractivity contribution < 1.29 is 12.9 Å². The summed E-state index contributed by atoms with van der Waals surface area (Å²) in [6.07, 6.45) is 7.30. The van der Waals surface area contributed by atoms with Crippen molar-refractivity contribution in [2.45, 2.75) is 0 Å². The molecule has 1 aromatic heterocycles. The van der Waals surface area contributed by atoms with Crippen molar-refractivity contribution in [2.24, 2.45) is 0 Å². The molecule has 0 spiro atoms. The van der Waals surface area contributed by atoms with Crippen molar-refractivity contribution in [1.29, 1.82) is 0 Å². The first-order valence-corrected chi connectivity index (χ1v) is 3.83. The minimum atomic E-state index is -4.89. The molecule has 0 aliphatic rings. The summed E-state index contributed by atoms with van der Waals surface area (Å²) in [5.74, 6) is 2.49. The van der Waals surface area contributed by atoms with Crippen LogP contribution in [0.5, 0.6) is 0 Å². The lowest BCUT2D eigenvalue weighted by Crippen LogP contribution is -2.09. The molecule has 0 atom stereocenters. The van der Waals surface area contributed by atoms with Gasteiger partial charge in [0, 0.05) is 6.20 Å². The Kier molecular flexibility index (Phi) is 2.97. The highest BCUT2D eigenvalue weighted by atomic mass is 19.4. The van der Waals surface area contributed by atoms with E-state index in [1.54, 1.807) is 0 Å². The molecule has 1 aromatic rings. The molecule has 0 radical (unpaired) electrons. The van der Waals surface area contributed by atoms with Gasteiger partial charge in [-0.2, -0.15) is 0 Å². The molecule has 72 valence electrons. The Morgan fingerprint density at radius 3 is 2.50 bits per heavy atom. The van der Waals surface area contributed by atoms with Crippen LogP contribution in [-0.4, -0.2) is 12.0 Å². The summed E-state index contributed by atoms with van der Waals surface area (Å²) < 4.78 is 35.4. The van der Waals surface area contributed by atoms with Gasteiger partial charge in [0.1, 0.15) is 5.69 Å². The largest absolute Gasteiger partial charge is 0.502 e. The third-order valence-corrected chi connectivity index (χ3v) is 1.44. The molecular formula is C9H6BF3N-. The van der Waals surface area contributed by atoms with Crippen molar-refractivity contribution in [3.63, 3.8) is 0 Å². The van der Waals surface area contributed by atoms with Crippen LogP contribution in [0.4, 0.5) is 12.9 Å².